The molecule has 5 heteroatoms. The Kier molecular flexibility index (Phi) is 3.90. The van der Waals surface area contributed by atoms with Crippen LogP contribution in [0.25, 0.3) is 0 Å². The Hall–Kier alpha value is -0.390. The van der Waals surface area contributed by atoms with E-state index in [-0.39, 0.29) is 12.6 Å². The first kappa shape index (κ1) is 10.7. The summed E-state index contributed by atoms with van der Waals surface area (Å²) in [5.41, 5.74) is 0. The number of rotatable bonds is 4. The van der Waals surface area contributed by atoms with Crippen LogP contribution in [0.1, 0.15) is 17.8 Å². The Balaban J connectivity index is 2.48. The van der Waals surface area contributed by atoms with Crippen LogP contribution in [0.15, 0.2) is 15.9 Å². The highest BCUT2D eigenvalue weighted by Crippen LogP contribution is 2.24. The van der Waals surface area contributed by atoms with E-state index in [0.717, 1.165) is 9.35 Å². The lowest BCUT2D eigenvalue weighted by molar-refractivity contribution is -0.136. The van der Waals surface area contributed by atoms with Gasteiger partial charge in [-0.25, -0.2) is 0 Å². The topological polar surface area (TPSA) is 49.3 Å². The summed E-state index contributed by atoms with van der Waals surface area (Å²) in [7, 11) is 0. The van der Waals surface area contributed by atoms with Gasteiger partial charge in [-0.2, -0.15) is 0 Å². The predicted molar refractivity (Wildman–Crippen MR) is 56.1 cm³/mol. The molecular weight excluding hydrogens is 254 g/mol. The summed E-state index contributed by atoms with van der Waals surface area (Å²) < 4.78 is 1.04. The van der Waals surface area contributed by atoms with Gasteiger partial charge in [0.1, 0.15) is 0 Å². The van der Waals surface area contributed by atoms with Gasteiger partial charge in [-0.15, -0.1) is 11.3 Å². The van der Waals surface area contributed by atoms with Gasteiger partial charge in [0.25, 0.3) is 0 Å². The van der Waals surface area contributed by atoms with Crippen molar-refractivity contribution in [2.75, 3.05) is 6.54 Å². The summed E-state index contributed by atoms with van der Waals surface area (Å²) in [6.07, 6.45) is 0. The number of hydrogen-bond donors (Lipinski definition) is 2. The highest BCUT2D eigenvalue weighted by Gasteiger charge is 2.08. The van der Waals surface area contributed by atoms with Crippen LogP contribution < -0.4 is 5.32 Å². The highest BCUT2D eigenvalue weighted by atomic mass is 79.9. The number of hydrogen-bond acceptors (Lipinski definition) is 3. The lowest BCUT2D eigenvalue weighted by atomic mass is 10.3. The molecule has 1 aromatic rings. The lowest BCUT2D eigenvalue weighted by Gasteiger charge is -2.08. The maximum Gasteiger partial charge on any atom is 0.317 e. The molecule has 2 N–H and O–H groups in total. The molecule has 3 nitrogen and oxygen atoms in total. The summed E-state index contributed by atoms with van der Waals surface area (Å²) >= 11 is 4.95. The number of thiophene rings is 1. The molecule has 0 aliphatic carbocycles. The predicted octanol–water partition coefficient (Wildman–Crippen LogP) is 2.25. The van der Waals surface area contributed by atoms with Crippen LogP contribution in [0.3, 0.4) is 0 Å². The van der Waals surface area contributed by atoms with Crippen LogP contribution in [0.2, 0.25) is 0 Å². The van der Waals surface area contributed by atoms with Crippen LogP contribution in [-0.4, -0.2) is 17.6 Å². The molecule has 0 amide bonds. The number of carboxylic acids is 1. The van der Waals surface area contributed by atoms with Gasteiger partial charge in [0.05, 0.1) is 6.54 Å². The van der Waals surface area contributed by atoms with Crippen molar-refractivity contribution < 1.29 is 9.90 Å². The first-order valence-electron chi connectivity index (χ1n) is 3.78. The second-order valence-corrected chi connectivity index (χ2v) is 4.52. The molecule has 0 saturated heterocycles. The summed E-state index contributed by atoms with van der Waals surface area (Å²) in [4.78, 5) is 11.4. The number of carboxylic acid groups (broad SMARTS) is 1. The molecule has 0 spiro atoms. The monoisotopic (exact) mass is 263 g/mol. The molecule has 0 saturated carbocycles. The molecule has 1 atom stereocenters. The van der Waals surface area contributed by atoms with Gasteiger partial charge < -0.3 is 5.11 Å². The van der Waals surface area contributed by atoms with Crippen molar-refractivity contribution in [3.8, 4) is 0 Å². The second kappa shape index (κ2) is 4.74. The van der Waals surface area contributed by atoms with Crippen molar-refractivity contribution in [1.82, 2.24) is 5.32 Å². The minimum atomic E-state index is -0.831. The Morgan fingerprint density at radius 2 is 2.54 bits per heavy atom. The van der Waals surface area contributed by atoms with Gasteiger partial charge in [0.15, 0.2) is 0 Å². The Morgan fingerprint density at radius 1 is 1.85 bits per heavy atom. The maximum absolute atomic E-state index is 10.3. The van der Waals surface area contributed by atoms with E-state index < -0.39 is 5.97 Å². The van der Waals surface area contributed by atoms with Gasteiger partial charge >= 0.3 is 5.97 Å². The lowest BCUT2D eigenvalue weighted by Crippen LogP contribution is -2.24. The fraction of sp³-hybridized carbons (Fsp3) is 0.375. The normalized spacial score (nSPS) is 12.8. The number of nitrogens with one attached hydrogen (secondary N) is 1. The van der Waals surface area contributed by atoms with Gasteiger partial charge in [0.2, 0.25) is 0 Å². The van der Waals surface area contributed by atoms with E-state index in [1.165, 1.54) is 0 Å². The summed E-state index contributed by atoms with van der Waals surface area (Å²) in [5, 5.41) is 13.3. The van der Waals surface area contributed by atoms with Gasteiger partial charge in [-0.1, -0.05) is 0 Å². The molecule has 1 heterocycles. The number of carbonyl (C=O) groups is 1. The molecular formula is C8H10BrNO2S. The van der Waals surface area contributed by atoms with Crippen LogP contribution >= 0.6 is 27.3 Å². The molecule has 0 fully saturated rings. The summed E-state index contributed by atoms with van der Waals surface area (Å²) in [6, 6.07) is 2.08. The van der Waals surface area contributed by atoms with Crippen molar-refractivity contribution in [1.29, 1.82) is 0 Å². The Labute approximate surface area is 88.9 Å². The molecule has 0 aliphatic heterocycles. The SMILES string of the molecule is CC(NCC(=O)O)c1cc(Br)cs1. The molecule has 0 aliphatic rings. The maximum atomic E-state index is 10.3. The van der Waals surface area contributed by atoms with Crippen LogP contribution in [-0.2, 0) is 4.79 Å². The molecule has 1 rings (SSSR count). The summed E-state index contributed by atoms with van der Waals surface area (Å²) in [6.45, 7) is 1.94. The average molecular weight is 264 g/mol. The molecule has 13 heavy (non-hydrogen) atoms. The fourth-order valence-corrected chi connectivity index (χ4v) is 2.37. The second-order valence-electron chi connectivity index (χ2n) is 2.66. The van der Waals surface area contributed by atoms with E-state index >= 15 is 0 Å². The van der Waals surface area contributed by atoms with E-state index in [4.69, 9.17) is 5.11 Å². The van der Waals surface area contributed by atoms with E-state index in [1.54, 1.807) is 11.3 Å². The van der Waals surface area contributed by atoms with E-state index in [1.807, 2.05) is 18.4 Å². The van der Waals surface area contributed by atoms with Crippen molar-refractivity contribution >= 4 is 33.2 Å². The van der Waals surface area contributed by atoms with Crippen LogP contribution in [0.5, 0.6) is 0 Å². The van der Waals surface area contributed by atoms with Gasteiger partial charge in [0, 0.05) is 20.8 Å². The molecule has 1 unspecified atom stereocenters. The minimum Gasteiger partial charge on any atom is -0.480 e. The van der Waals surface area contributed by atoms with Crippen molar-refractivity contribution in [3.05, 3.63) is 20.8 Å². The van der Waals surface area contributed by atoms with Crippen molar-refractivity contribution in [3.63, 3.8) is 0 Å². The van der Waals surface area contributed by atoms with Crippen LogP contribution in [0.4, 0.5) is 0 Å². The molecule has 72 valence electrons. The van der Waals surface area contributed by atoms with E-state index in [2.05, 4.69) is 21.2 Å². The first-order chi connectivity index (χ1) is 6.09. The molecule has 1 aromatic heterocycles. The Bertz CT molecular complexity index is 300. The average Bonchev–Trinajstić information content (AvgIpc) is 2.47. The standard InChI is InChI=1S/C8H10BrNO2S/c1-5(10-3-8(11)12)7-2-6(9)4-13-7/h2,4-5,10H,3H2,1H3,(H,11,12). The van der Waals surface area contributed by atoms with E-state index in [9.17, 15) is 4.79 Å². The smallest absolute Gasteiger partial charge is 0.317 e. The third kappa shape index (κ3) is 3.46. The van der Waals surface area contributed by atoms with Gasteiger partial charge in [-0.05, 0) is 28.9 Å². The molecule has 0 aromatic carbocycles. The number of halogens is 1. The Morgan fingerprint density at radius 3 is 3.00 bits per heavy atom. The van der Waals surface area contributed by atoms with E-state index in [0.29, 0.717) is 0 Å². The zero-order chi connectivity index (χ0) is 9.84. The quantitative estimate of drug-likeness (QED) is 0.876. The fourth-order valence-electron chi connectivity index (χ4n) is 0.896. The minimum absolute atomic E-state index is 0.00329. The third-order valence-corrected chi connectivity index (χ3v) is 3.45. The largest absolute Gasteiger partial charge is 0.480 e. The summed E-state index contributed by atoms with van der Waals surface area (Å²) in [5.74, 6) is -0.831. The molecule has 0 radical (unpaired) electrons. The zero-order valence-corrected chi connectivity index (χ0v) is 9.48. The van der Waals surface area contributed by atoms with Crippen molar-refractivity contribution in [2.45, 2.75) is 13.0 Å². The first-order valence-corrected chi connectivity index (χ1v) is 5.46. The number of aliphatic carboxylic acids is 1. The third-order valence-electron chi connectivity index (χ3n) is 1.57. The van der Waals surface area contributed by atoms with Crippen LogP contribution in [0, 0.1) is 0 Å². The van der Waals surface area contributed by atoms with Crippen molar-refractivity contribution in [2.24, 2.45) is 0 Å². The molecule has 0 bridgehead atoms. The highest BCUT2D eigenvalue weighted by molar-refractivity contribution is 9.10. The van der Waals surface area contributed by atoms with Gasteiger partial charge in [-0.3, -0.25) is 10.1 Å². The zero-order valence-electron chi connectivity index (χ0n) is 7.08.